The van der Waals surface area contributed by atoms with E-state index in [1.54, 1.807) is 0 Å². The average Bonchev–Trinajstić information content (AvgIpc) is 2.19. The minimum atomic E-state index is -5.77. The van der Waals surface area contributed by atoms with Crippen molar-refractivity contribution in [3.05, 3.63) is 22.7 Å². The van der Waals surface area contributed by atoms with E-state index >= 15 is 0 Å². The molecule has 0 unspecified atom stereocenters. The highest BCUT2D eigenvalue weighted by Gasteiger charge is 2.61. The summed E-state index contributed by atoms with van der Waals surface area (Å²) in [5.74, 6) is -0.340. The van der Waals surface area contributed by atoms with Gasteiger partial charge in [0.2, 0.25) is 0 Å². The highest BCUT2D eigenvalue weighted by atomic mass is 79.9. The Kier molecular flexibility index (Phi) is 3.85. The molecule has 0 amide bonds. The van der Waals surface area contributed by atoms with Crippen molar-refractivity contribution in [1.82, 2.24) is 0 Å². The minimum Gasteiger partial charge on any atom is -0.497 e. The van der Waals surface area contributed by atoms with Crippen molar-refractivity contribution >= 4 is 15.9 Å². The highest BCUT2D eigenvalue weighted by molar-refractivity contribution is 9.10. The van der Waals surface area contributed by atoms with Crippen LogP contribution >= 0.6 is 15.9 Å². The van der Waals surface area contributed by atoms with E-state index in [1.807, 2.05) is 0 Å². The maximum absolute atomic E-state index is 12.6. The zero-order valence-corrected chi connectivity index (χ0v) is 9.90. The molecule has 0 radical (unpaired) electrons. The van der Waals surface area contributed by atoms with Gasteiger partial charge < -0.3 is 9.47 Å². The van der Waals surface area contributed by atoms with Crippen LogP contribution in [0.4, 0.5) is 22.0 Å². The van der Waals surface area contributed by atoms with Crippen LogP contribution in [0.1, 0.15) is 0 Å². The Morgan fingerprint density at radius 3 is 2.12 bits per heavy atom. The van der Waals surface area contributed by atoms with Gasteiger partial charge in [0.25, 0.3) is 0 Å². The zero-order valence-electron chi connectivity index (χ0n) is 8.32. The van der Waals surface area contributed by atoms with Crippen molar-refractivity contribution in [3.8, 4) is 11.5 Å². The summed E-state index contributed by atoms with van der Waals surface area (Å²) in [5, 5.41) is 0. The van der Waals surface area contributed by atoms with Crippen LogP contribution < -0.4 is 9.47 Å². The molecule has 0 saturated carbocycles. The SMILES string of the molecule is COc1ccc(OC(F)(F)C(F)(F)F)c(Br)c1. The van der Waals surface area contributed by atoms with Crippen LogP contribution in [-0.4, -0.2) is 19.4 Å². The second-order valence-electron chi connectivity index (χ2n) is 2.91. The Hall–Kier alpha value is -1.05. The van der Waals surface area contributed by atoms with E-state index < -0.39 is 18.0 Å². The quantitative estimate of drug-likeness (QED) is 0.784. The number of benzene rings is 1. The molecule has 17 heavy (non-hydrogen) atoms. The van der Waals surface area contributed by atoms with Gasteiger partial charge in [-0.2, -0.15) is 22.0 Å². The third-order valence-corrected chi connectivity index (χ3v) is 2.33. The number of hydrogen-bond donors (Lipinski definition) is 0. The van der Waals surface area contributed by atoms with Crippen LogP contribution in [-0.2, 0) is 0 Å². The lowest BCUT2D eigenvalue weighted by atomic mass is 10.3. The molecular weight excluding hydrogens is 315 g/mol. The molecule has 0 fully saturated rings. The fraction of sp³-hybridized carbons (Fsp3) is 0.333. The topological polar surface area (TPSA) is 18.5 Å². The molecule has 0 atom stereocenters. The van der Waals surface area contributed by atoms with Gasteiger partial charge in [-0.25, -0.2) is 0 Å². The zero-order chi connectivity index (χ0) is 13.3. The summed E-state index contributed by atoms with van der Waals surface area (Å²) >= 11 is 2.80. The van der Waals surface area contributed by atoms with Gasteiger partial charge in [-0.05, 0) is 34.1 Å². The number of hydrogen-bond acceptors (Lipinski definition) is 2. The van der Waals surface area contributed by atoms with Gasteiger partial charge in [0, 0.05) is 0 Å². The van der Waals surface area contributed by atoms with Gasteiger partial charge in [-0.3, -0.25) is 0 Å². The molecular formula is C9H6BrF5O2. The molecule has 0 saturated heterocycles. The molecule has 0 spiro atoms. The first kappa shape index (κ1) is 14.0. The summed E-state index contributed by atoms with van der Waals surface area (Å²) in [6.45, 7) is 0. The van der Waals surface area contributed by atoms with Gasteiger partial charge in [0.15, 0.2) is 0 Å². The molecule has 0 N–H and O–H groups in total. The van der Waals surface area contributed by atoms with Crippen LogP contribution in [0, 0.1) is 0 Å². The number of ether oxygens (including phenoxy) is 2. The first-order valence-electron chi connectivity index (χ1n) is 4.14. The Morgan fingerprint density at radius 1 is 1.12 bits per heavy atom. The van der Waals surface area contributed by atoms with Crippen molar-refractivity contribution < 1.29 is 31.4 Å². The Bertz CT molecular complexity index is 405. The number of rotatable bonds is 3. The van der Waals surface area contributed by atoms with Crippen molar-refractivity contribution in [2.75, 3.05) is 7.11 Å². The molecule has 1 aromatic rings. The van der Waals surface area contributed by atoms with E-state index in [-0.39, 0.29) is 4.47 Å². The van der Waals surface area contributed by atoms with Crippen molar-refractivity contribution in [1.29, 1.82) is 0 Å². The van der Waals surface area contributed by atoms with Crippen LogP contribution in [0.3, 0.4) is 0 Å². The normalized spacial score (nSPS) is 12.4. The number of alkyl halides is 5. The molecule has 0 aliphatic heterocycles. The first-order valence-corrected chi connectivity index (χ1v) is 4.94. The first-order chi connectivity index (χ1) is 7.67. The molecule has 0 bridgehead atoms. The Balaban J connectivity index is 2.96. The van der Waals surface area contributed by atoms with Gasteiger partial charge >= 0.3 is 12.3 Å². The van der Waals surface area contributed by atoms with Crippen LogP contribution in [0.2, 0.25) is 0 Å². The smallest absolute Gasteiger partial charge is 0.497 e. The lowest BCUT2D eigenvalue weighted by Gasteiger charge is -2.20. The van der Waals surface area contributed by atoms with Crippen LogP contribution in [0.25, 0.3) is 0 Å². The average molecular weight is 321 g/mol. The summed E-state index contributed by atoms with van der Waals surface area (Å²) in [7, 11) is 1.33. The van der Waals surface area contributed by atoms with Gasteiger partial charge in [-0.15, -0.1) is 0 Å². The lowest BCUT2D eigenvalue weighted by Crippen LogP contribution is -2.41. The predicted octanol–water partition coefficient (Wildman–Crippen LogP) is 3.99. The standard InChI is InChI=1S/C9H6BrF5O2/c1-16-5-2-3-7(6(10)4-5)17-9(14,15)8(11,12)13/h2-4H,1H3. The van der Waals surface area contributed by atoms with E-state index in [9.17, 15) is 22.0 Å². The molecule has 0 heterocycles. The molecule has 0 aliphatic carbocycles. The third kappa shape index (κ3) is 3.21. The second-order valence-corrected chi connectivity index (χ2v) is 3.77. The van der Waals surface area contributed by atoms with E-state index in [1.165, 1.54) is 19.2 Å². The van der Waals surface area contributed by atoms with Crippen molar-refractivity contribution in [2.24, 2.45) is 0 Å². The van der Waals surface area contributed by atoms with Gasteiger partial charge in [0.1, 0.15) is 11.5 Å². The fourth-order valence-electron chi connectivity index (χ4n) is 0.887. The fourth-order valence-corrected chi connectivity index (χ4v) is 1.33. The van der Waals surface area contributed by atoms with E-state index in [4.69, 9.17) is 4.74 Å². The molecule has 1 aromatic carbocycles. The molecule has 8 heteroatoms. The maximum Gasteiger partial charge on any atom is 0.499 e. The Morgan fingerprint density at radius 2 is 1.71 bits per heavy atom. The Labute approximate surface area is 101 Å². The van der Waals surface area contributed by atoms with E-state index in [0.717, 1.165) is 6.07 Å². The molecule has 96 valence electrons. The predicted molar refractivity (Wildman–Crippen MR) is 52.3 cm³/mol. The largest absolute Gasteiger partial charge is 0.499 e. The monoisotopic (exact) mass is 320 g/mol. The van der Waals surface area contributed by atoms with E-state index in [2.05, 4.69) is 20.7 Å². The number of halogens is 6. The van der Waals surface area contributed by atoms with E-state index in [0.29, 0.717) is 5.75 Å². The molecule has 0 aromatic heterocycles. The van der Waals surface area contributed by atoms with Crippen molar-refractivity contribution in [2.45, 2.75) is 12.3 Å². The van der Waals surface area contributed by atoms with Gasteiger partial charge in [0.05, 0.1) is 11.6 Å². The molecule has 2 nitrogen and oxygen atoms in total. The highest BCUT2D eigenvalue weighted by Crippen LogP contribution is 2.40. The second kappa shape index (κ2) is 4.67. The van der Waals surface area contributed by atoms with Crippen molar-refractivity contribution in [3.63, 3.8) is 0 Å². The number of methoxy groups -OCH3 is 1. The summed E-state index contributed by atoms with van der Waals surface area (Å²) in [4.78, 5) is 0. The molecule has 1 rings (SSSR count). The minimum absolute atomic E-state index is 0.0687. The summed E-state index contributed by atoms with van der Waals surface area (Å²) < 4.78 is 69.1. The van der Waals surface area contributed by atoms with Crippen LogP contribution in [0.15, 0.2) is 22.7 Å². The lowest BCUT2D eigenvalue weighted by molar-refractivity contribution is -0.360. The summed E-state index contributed by atoms with van der Waals surface area (Å²) in [5.41, 5.74) is 0. The summed E-state index contributed by atoms with van der Waals surface area (Å²) in [6, 6.07) is 3.36. The van der Waals surface area contributed by atoms with Gasteiger partial charge in [-0.1, -0.05) is 0 Å². The molecule has 0 aliphatic rings. The third-order valence-electron chi connectivity index (χ3n) is 1.71. The van der Waals surface area contributed by atoms with Crippen LogP contribution in [0.5, 0.6) is 11.5 Å². The summed E-state index contributed by atoms with van der Waals surface area (Å²) in [6.07, 6.45) is -11.0. The maximum atomic E-state index is 12.6.